The number of hydrogen-bond donors (Lipinski definition) is 0. The number of piperidine rings is 1. The van der Waals surface area contributed by atoms with Crippen molar-refractivity contribution in [1.29, 1.82) is 0 Å². The molecule has 0 bridgehead atoms. The Morgan fingerprint density at radius 3 is 2.50 bits per heavy atom. The zero-order chi connectivity index (χ0) is 11.5. The number of pyridine rings is 1. The fraction of sp³-hybridized carbons (Fsp3) is 0.500. The van der Waals surface area contributed by atoms with E-state index in [4.69, 9.17) is 0 Å². The maximum Gasteiger partial charge on any atom is 0.255 e. The predicted molar refractivity (Wildman–Crippen MR) is 61.4 cm³/mol. The van der Waals surface area contributed by atoms with E-state index in [1.54, 1.807) is 19.3 Å². The smallest absolute Gasteiger partial charge is 0.255 e. The molecule has 2 heterocycles. The van der Waals surface area contributed by atoms with Crippen molar-refractivity contribution in [3.05, 3.63) is 34.2 Å². The number of amides is 1. The van der Waals surface area contributed by atoms with Crippen molar-refractivity contribution in [2.24, 2.45) is 7.05 Å². The van der Waals surface area contributed by atoms with Gasteiger partial charge in [0.05, 0.1) is 5.56 Å². The number of likely N-dealkylation sites (tertiary alicyclic amines) is 1. The molecule has 1 aliphatic rings. The number of aryl methyl sites for hydroxylation is 1. The Bertz CT molecular complexity index is 445. The molecule has 4 nitrogen and oxygen atoms in total. The van der Waals surface area contributed by atoms with Crippen LogP contribution in [-0.2, 0) is 7.05 Å². The molecule has 0 saturated carbocycles. The number of carbonyl (C=O) groups is 1. The van der Waals surface area contributed by atoms with Crippen molar-refractivity contribution in [3.8, 4) is 0 Å². The molecule has 1 aliphatic heterocycles. The number of nitrogens with zero attached hydrogens (tertiary/aromatic N) is 2. The van der Waals surface area contributed by atoms with Crippen LogP contribution in [0.5, 0.6) is 0 Å². The van der Waals surface area contributed by atoms with Gasteiger partial charge in [-0.25, -0.2) is 0 Å². The van der Waals surface area contributed by atoms with Crippen molar-refractivity contribution < 1.29 is 4.79 Å². The first-order valence-corrected chi connectivity index (χ1v) is 5.64. The van der Waals surface area contributed by atoms with Crippen LogP contribution in [0.25, 0.3) is 0 Å². The van der Waals surface area contributed by atoms with Crippen LogP contribution in [0.1, 0.15) is 29.6 Å². The van der Waals surface area contributed by atoms with Gasteiger partial charge in [-0.1, -0.05) is 0 Å². The lowest BCUT2D eigenvalue weighted by atomic mass is 10.1. The Kier molecular flexibility index (Phi) is 3.08. The highest BCUT2D eigenvalue weighted by molar-refractivity contribution is 5.93. The van der Waals surface area contributed by atoms with E-state index >= 15 is 0 Å². The van der Waals surface area contributed by atoms with Crippen molar-refractivity contribution in [2.75, 3.05) is 13.1 Å². The molecule has 2 rings (SSSR count). The van der Waals surface area contributed by atoms with Gasteiger partial charge in [0.2, 0.25) is 5.56 Å². The zero-order valence-corrected chi connectivity index (χ0v) is 9.48. The van der Waals surface area contributed by atoms with Crippen molar-refractivity contribution in [2.45, 2.75) is 19.3 Å². The van der Waals surface area contributed by atoms with Crippen LogP contribution in [0.15, 0.2) is 23.1 Å². The Hall–Kier alpha value is -1.58. The molecule has 16 heavy (non-hydrogen) atoms. The minimum Gasteiger partial charge on any atom is -0.339 e. The summed E-state index contributed by atoms with van der Waals surface area (Å²) >= 11 is 0. The van der Waals surface area contributed by atoms with Crippen LogP contribution in [-0.4, -0.2) is 28.5 Å². The largest absolute Gasteiger partial charge is 0.339 e. The molecule has 1 aromatic heterocycles. The van der Waals surface area contributed by atoms with Gasteiger partial charge in [0.1, 0.15) is 0 Å². The van der Waals surface area contributed by atoms with Gasteiger partial charge in [-0.3, -0.25) is 9.59 Å². The summed E-state index contributed by atoms with van der Waals surface area (Å²) in [5, 5.41) is 0. The summed E-state index contributed by atoms with van der Waals surface area (Å²) in [4.78, 5) is 25.1. The number of aromatic nitrogens is 1. The molecule has 0 atom stereocenters. The lowest BCUT2D eigenvalue weighted by molar-refractivity contribution is 0.0723. The fourth-order valence-electron chi connectivity index (χ4n) is 2.00. The van der Waals surface area contributed by atoms with Crippen LogP contribution >= 0.6 is 0 Å². The minimum atomic E-state index is -0.0878. The third kappa shape index (κ3) is 2.15. The highest BCUT2D eigenvalue weighted by Crippen LogP contribution is 2.12. The molecular weight excluding hydrogens is 204 g/mol. The van der Waals surface area contributed by atoms with Gasteiger partial charge < -0.3 is 9.47 Å². The maximum absolute atomic E-state index is 12.1. The normalized spacial score (nSPS) is 16.2. The van der Waals surface area contributed by atoms with Crippen LogP contribution < -0.4 is 5.56 Å². The predicted octanol–water partition coefficient (Wildman–Crippen LogP) is 1.01. The van der Waals surface area contributed by atoms with Gasteiger partial charge >= 0.3 is 0 Å². The number of rotatable bonds is 1. The molecule has 1 saturated heterocycles. The van der Waals surface area contributed by atoms with Crippen molar-refractivity contribution in [1.82, 2.24) is 9.47 Å². The average Bonchev–Trinajstić information content (AvgIpc) is 2.33. The average molecular weight is 220 g/mol. The highest BCUT2D eigenvalue weighted by Gasteiger charge is 2.18. The zero-order valence-electron chi connectivity index (χ0n) is 9.48. The van der Waals surface area contributed by atoms with Crippen molar-refractivity contribution in [3.63, 3.8) is 0 Å². The van der Waals surface area contributed by atoms with Gasteiger partial charge in [-0.05, 0) is 25.3 Å². The third-order valence-corrected chi connectivity index (χ3v) is 2.98. The quantitative estimate of drug-likeness (QED) is 0.709. The van der Waals surface area contributed by atoms with E-state index in [-0.39, 0.29) is 11.5 Å². The van der Waals surface area contributed by atoms with Gasteiger partial charge in [-0.15, -0.1) is 0 Å². The van der Waals surface area contributed by atoms with E-state index in [0.29, 0.717) is 5.56 Å². The molecule has 0 aromatic carbocycles. The number of hydrogen-bond acceptors (Lipinski definition) is 2. The van der Waals surface area contributed by atoms with Gasteiger partial charge in [-0.2, -0.15) is 0 Å². The number of carbonyl (C=O) groups excluding carboxylic acids is 1. The van der Waals surface area contributed by atoms with E-state index in [1.807, 2.05) is 4.90 Å². The van der Waals surface area contributed by atoms with E-state index in [0.717, 1.165) is 25.9 Å². The van der Waals surface area contributed by atoms with E-state index in [2.05, 4.69) is 0 Å². The molecule has 0 radical (unpaired) electrons. The van der Waals surface area contributed by atoms with Crippen molar-refractivity contribution >= 4 is 5.91 Å². The maximum atomic E-state index is 12.1. The molecule has 86 valence electrons. The Morgan fingerprint density at radius 1 is 1.19 bits per heavy atom. The first kappa shape index (κ1) is 10.9. The molecule has 0 aliphatic carbocycles. The van der Waals surface area contributed by atoms with Crippen LogP contribution in [0, 0.1) is 0 Å². The van der Waals surface area contributed by atoms with E-state index in [9.17, 15) is 9.59 Å². The molecule has 4 heteroatoms. The summed E-state index contributed by atoms with van der Waals surface area (Å²) < 4.78 is 1.44. The first-order valence-electron chi connectivity index (χ1n) is 5.64. The molecular formula is C12H16N2O2. The second kappa shape index (κ2) is 4.51. The summed E-state index contributed by atoms with van der Waals surface area (Å²) in [6, 6.07) is 3.05. The Morgan fingerprint density at radius 2 is 1.88 bits per heavy atom. The Balaban J connectivity index is 2.19. The van der Waals surface area contributed by atoms with Gasteiger partial charge in [0.15, 0.2) is 0 Å². The van der Waals surface area contributed by atoms with Gasteiger partial charge in [0.25, 0.3) is 5.91 Å². The topological polar surface area (TPSA) is 42.3 Å². The molecule has 0 N–H and O–H groups in total. The summed E-state index contributed by atoms with van der Waals surface area (Å²) in [6.07, 6.45) is 4.98. The summed E-state index contributed by atoms with van der Waals surface area (Å²) in [6.45, 7) is 1.67. The second-order valence-corrected chi connectivity index (χ2v) is 4.22. The fourth-order valence-corrected chi connectivity index (χ4v) is 2.00. The van der Waals surface area contributed by atoms with E-state index < -0.39 is 0 Å². The highest BCUT2D eigenvalue weighted by atomic mass is 16.2. The summed E-state index contributed by atoms with van der Waals surface area (Å²) in [5.74, 6) is 0.0373. The van der Waals surface area contributed by atoms with Crippen LogP contribution in [0.3, 0.4) is 0 Å². The summed E-state index contributed by atoms with van der Waals surface area (Å²) in [7, 11) is 1.66. The standard InChI is InChI=1S/C12H16N2O2/c1-13-9-10(5-6-11(13)15)12(16)14-7-3-2-4-8-14/h5-6,9H,2-4,7-8H2,1H3. The Labute approximate surface area is 94.5 Å². The molecule has 1 amide bonds. The lowest BCUT2D eigenvalue weighted by Crippen LogP contribution is -2.36. The monoisotopic (exact) mass is 220 g/mol. The summed E-state index contributed by atoms with van der Waals surface area (Å²) in [5.41, 5.74) is 0.513. The third-order valence-electron chi connectivity index (χ3n) is 2.98. The van der Waals surface area contributed by atoms with Crippen LogP contribution in [0.4, 0.5) is 0 Å². The molecule has 1 aromatic rings. The minimum absolute atomic E-state index is 0.0373. The van der Waals surface area contributed by atoms with Crippen LogP contribution in [0.2, 0.25) is 0 Å². The lowest BCUT2D eigenvalue weighted by Gasteiger charge is -2.26. The van der Waals surface area contributed by atoms with Gasteiger partial charge in [0, 0.05) is 32.4 Å². The first-order chi connectivity index (χ1) is 7.68. The molecule has 0 spiro atoms. The SMILES string of the molecule is Cn1cc(C(=O)N2CCCCC2)ccc1=O. The molecule has 1 fully saturated rings. The van der Waals surface area contributed by atoms with E-state index in [1.165, 1.54) is 17.1 Å². The molecule has 0 unspecified atom stereocenters. The second-order valence-electron chi connectivity index (χ2n) is 4.22.